The fraction of sp³-hybridized carbons (Fsp3) is 0.222. The molecule has 0 saturated carbocycles. The summed E-state index contributed by atoms with van der Waals surface area (Å²) in [5.74, 6) is 1.13. The summed E-state index contributed by atoms with van der Waals surface area (Å²) >= 11 is 3.50. The molecule has 1 fully saturated rings. The molecule has 20 heavy (non-hydrogen) atoms. The minimum absolute atomic E-state index is 0.268. The van der Waals surface area contributed by atoms with Crippen molar-refractivity contribution in [3.63, 3.8) is 0 Å². The van der Waals surface area contributed by atoms with E-state index >= 15 is 0 Å². The van der Waals surface area contributed by atoms with Gasteiger partial charge in [-0.25, -0.2) is 0 Å². The van der Waals surface area contributed by atoms with Crippen LogP contribution >= 0.6 is 15.9 Å². The van der Waals surface area contributed by atoms with Crippen LogP contribution in [-0.2, 0) is 4.74 Å². The van der Waals surface area contributed by atoms with Gasteiger partial charge in [0.1, 0.15) is 0 Å². The number of ether oxygens (including phenoxy) is 1. The molecule has 2 heterocycles. The van der Waals surface area contributed by atoms with E-state index in [4.69, 9.17) is 4.74 Å². The Hall–Kier alpha value is -1.38. The molecule has 3 aliphatic rings. The van der Waals surface area contributed by atoms with Gasteiger partial charge in [-0.05, 0) is 34.4 Å². The molecule has 0 amide bonds. The van der Waals surface area contributed by atoms with Gasteiger partial charge in [-0.3, -0.25) is 0 Å². The van der Waals surface area contributed by atoms with Gasteiger partial charge >= 0.3 is 0 Å². The number of halogens is 1. The van der Waals surface area contributed by atoms with Crippen LogP contribution in [0, 0.1) is 11.8 Å². The van der Waals surface area contributed by atoms with Crippen LogP contribution in [0.2, 0.25) is 0 Å². The second-order valence-corrected chi connectivity index (χ2v) is 6.75. The summed E-state index contributed by atoms with van der Waals surface area (Å²) in [5, 5.41) is 0. The lowest BCUT2D eigenvalue weighted by molar-refractivity contribution is 0.0626. The van der Waals surface area contributed by atoms with Gasteiger partial charge in [-0.2, -0.15) is 0 Å². The summed E-state index contributed by atoms with van der Waals surface area (Å²) in [6.07, 6.45) is 2.97. The minimum Gasteiger partial charge on any atom is -0.364 e. The molecule has 2 bridgehead atoms. The van der Waals surface area contributed by atoms with E-state index < -0.39 is 0 Å². The third-order valence-electron chi connectivity index (χ3n) is 4.90. The number of rotatable bonds is 1. The SMILES string of the molecule is Brc1ccc(C2=CC3C4OC(c5ccccc54)C23)cc1. The third kappa shape index (κ3) is 1.31. The van der Waals surface area contributed by atoms with Crippen LogP contribution in [-0.4, -0.2) is 0 Å². The molecular weight excluding hydrogens is 312 g/mol. The molecule has 0 radical (unpaired) electrons. The molecule has 4 atom stereocenters. The standard InChI is InChI=1S/C18H13BrO/c19-11-7-5-10(6-8-11)14-9-15-16(14)18-13-4-2-1-3-12(13)17(15)20-18/h1-9,15-18H. The fourth-order valence-electron chi connectivity index (χ4n) is 3.99. The average molecular weight is 325 g/mol. The molecule has 2 aromatic carbocycles. The van der Waals surface area contributed by atoms with Crippen molar-refractivity contribution < 1.29 is 4.74 Å². The third-order valence-corrected chi connectivity index (χ3v) is 5.43. The van der Waals surface area contributed by atoms with Gasteiger partial charge in [-0.15, -0.1) is 0 Å². The molecule has 5 rings (SSSR count). The maximum absolute atomic E-state index is 6.24. The van der Waals surface area contributed by atoms with Crippen molar-refractivity contribution in [2.75, 3.05) is 0 Å². The highest BCUT2D eigenvalue weighted by molar-refractivity contribution is 9.10. The summed E-state index contributed by atoms with van der Waals surface area (Å²) in [4.78, 5) is 0. The van der Waals surface area contributed by atoms with Crippen molar-refractivity contribution in [1.29, 1.82) is 0 Å². The molecule has 0 aromatic heterocycles. The maximum Gasteiger partial charge on any atom is 0.0912 e. The van der Waals surface area contributed by atoms with Crippen molar-refractivity contribution in [2.24, 2.45) is 11.8 Å². The van der Waals surface area contributed by atoms with Crippen LogP contribution < -0.4 is 0 Å². The molecule has 1 nitrogen and oxygen atoms in total. The van der Waals surface area contributed by atoms with Gasteiger partial charge in [0.05, 0.1) is 12.2 Å². The maximum atomic E-state index is 6.24. The van der Waals surface area contributed by atoms with Crippen LogP contribution in [0.25, 0.3) is 5.57 Å². The normalized spacial score (nSPS) is 32.4. The van der Waals surface area contributed by atoms with Gasteiger partial charge in [0.25, 0.3) is 0 Å². The Labute approximate surface area is 126 Å². The highest BCUT2D eigenvalue weighted by Crippen LogP contribution is 2.65. The first-order chi connectivity index (χ1) is 9.83. The Morgan fingerprint density at radius 3 is 2.30 bits per heavy atom. The zero-order valence-electron chi connectivity index (χ0n) is 10.8. The van der Waals surface area contributed by atoms with Gasteiger partial charge < -0.3 is 4.74 Å². The predicted molar refractivity (Wildman–Crippen MR) is 82.1 cm³/mol. The van der Waals surface area contributed by atoms with E-state index in [0.29, 0.717) is 17.9 Å². The van der Waals surface area contributed by atoms with Crippen LogP contribution in [0.5, 0.6) is 0 Å². The summed E-state index contributed by atoms with van der Waals surface area (Å²) < 4.78 is 7.38. The molecular formula is C18H13BrO. The van der Waals surface area contributed by atoms with E-state index in [1.807, 2.05) is 0 Å². The van der Waals surface area contributed by atoms with E-state index in [0.717, 1.165) is 4.47 Å². The molecule has 1 aliphatic carbocycles. The highest BCUT2D eigenvalue weighted by Gasteiger charge is 2.56. The van der Waals surface area contributed by atoms with Crippen molar-refractivity contribution in [1.82, 2.24) is 0 Å². The summed E-state index contributed by atoms with van der Waals surface area (Å²) in [7, 11) is 0. The Balaban J connectivity index is 1.56. The monoisotopic (exact) mass is 324 g/mol. The Kier molecular flexibility index (Phi) is 2.17. The first-order valence-electron chi connectivity index (χ1n) is 7.05. The van der Waals surface area contributed by atoms with Gasteiger partial charge in [0.15, 0.2) is 0 Å². The van der Waals surface area contributed by atoms with Crippen LogP contribution in [0.3, 0.4) is 0 Å². The fourth-order valence-corrected chi connectivity index (χ4v) is 4.26. The molecule has 0 N–H and O–H groups in total. The van der Waals surface area contributed by atoms with E-state index in [1.54, 1.807) is 0 Å². The van der Waals surface area contributed by atoms with Crippen LogP contribution in [0.4, 0.5) is 0 Å². The molecule has 1 saturated heterocycles. The van der Waals surface area contributed by atoms with Crippen molar-refractivity contribution in [3.05, 3.63) is 75.8 Å². The predicted octanol–water partition coefficient (Wildman–Crippen LogP) is 4.90. The summed E-state index contributed by atoms with van der Waals surface area (Å²) in [6, 6.07) is 17.3. The van der Waals surface area contributed by atoms with E-state index in [-0.39, 0.29) is 6.10 Å². The van der Waals surface area contributed by atoms with Crippen molar-refractivity contribution in [3.8, 4) is 0 Å². The van der Waals surface area contributed by atoms with E-state index in [1.165, 1.54) is 22.3 Å². The molecule has 2 heteroatoms. The van der Waals surface area contributed by atoms with E-state index in [9.17, 15) is 0 Å². The molecule has 2 aliphatic heterocycles. The molecule has 98 valence electrons. The lowest BCUT2D eigenvalue weighted by atomic mass is 9.63. The second-order valence-electron chi connectivity index (χ2n) is 5.84. The van der Waals surface area contributed by atoms with Gasteiger partial charge in [-0.1, -0.05) is 58.4 Å². The number of benzene rings is 2. The highest BCUT2D eigenvalue weighted by atomic mass is 79.9. The van der Waals surface area contributed by atoms with Crippen LogP contribution in [0.15, 0.2) is 59.1 Å². The average Bonchev–Trinajstić information content (AvgIpc) is 2.93. The first-order valence-corrected chi connectivity index (χ1v) is 7.84. The van der Waals surface area contributed by atoms with Crippen molar-refractivity contribution >= 4 is 21.5 Å². The van der Waals surface area contributed by atoms with Gasteiger partial charge in [0, 0.05) is 16.3 Å². The number of fused-ring (bicyclic) bond motifs is 8. The number of hydrogen-bond acceptors (Lipinski definition) is 1. The van der Waals surface area contributed by atoms with Crippen molar-refractivity contribution in [2.45, 2.75) is 12.2 Å². The topological polar surface area (TPSA) is 9.23 Å². The Bertz CT molecular complexity index is 731. The lowest BCUT2D eigenvalue weighted by Crippen LogP contribution is -2.29. The van der Waals surface area contributed by atoms with E-state index in [2.05, 4.69) is 70.5 Å². The minimum atomic E-state index is 0.268. The molecule has 0 spiro atoms. The van der Waals surface area contributed by atoms with Gasteiger partial charge in [0.2, 0.25) is 0 Å². The number of hydrogen-bond donors (Lipinski definition) is 0. The van der Waals surface area contributed by atoms with Crippen LogP contribution in [0.1, 0.15) is 28.9 Å². The quantitative estimate of drug-likeness (QED) is 0.724. The summed E-state index contributed by atoms with van der Waals surface area (Å²) in [6.45, 7) is 0. The smallest absolute Gasteiger partial charge is 0.0912 e. The first kappa shape index (κ1) is 11.3. The molecule has 2 aromatic rings. The second kappa shape index (κ2) is 3.84. The molecule has 4 unspecified atom stereocenters. The Morgan fingerprint density at radius 1 is 0.850 bits per heavy atom. The largest absolute Gasteiger partial charge is 0.364 e. The zero-order valence-corrected chi connectivity index (χ0v) is 12.4. The Morgan fingerprint density at radius 2 is 1.55 bits per heavy atom. The lowest BCUT2D eigenvalue weighted by Gasteiger charge is -2.37. The summed E-state index contributed by atoms with van der Waals surface area (Å²) in [5.41, 5.74) is 5.61. The zero-order chi connectivity index (χ0) is 13.3.